The van der Waals surface area contributed by atoms with Crippen LogP contribution >= 0.6 is 11.8 Å². The standard InChI is InChI=1S/C23H21N3O5S/c1-31-18-10-7-16(8-11-18)22(15-5-3-2-4-6-15)25-21(27)14-32-20-12-9-17(23(24)28)13-19(20)26(29)30/h2-13,22H,14H2,1H3,(H2,24,28)(H,25,27). The lowest BCUT2D eigenvalue weighted by atomic mass is 9.98. The number of methoxy groups -OCH3 is 1. The van der Waals surface area contributed by atoms with Crippen molar-refractivity contribution in [2.45, 2.75) is 10.9 Å². The Bertz CT molecular complexity index is 1120. The van der Waals surface area contributed by atoms with Gasteiger partial charge in [-0.25, -0.2) is 0 Å². The molecule has 0 saturated carbocycles. The van der Waals surface area contributed by atoms with E-state index in [1.54, 1.807) is 7.11 Å². The van der Waals surface area contributed by atoms with Crippen LogP contribution in [0.2, 0.25) is 0 Å². The number of rotatable bonds is 9. The van der Waals surface area contributed by atoms with E-state index >= 15 is 0 Å². The van der Waals surface area contributed by atoms with E-state index in [1.165, 1.54) is 12.1 Å². The van der Waals surface area contributed by atoms with Crippen LogP contribution in [-0.2, 0) is 4.79 Å². The average Bonchev–Trinajstić information content (AvgIpc) is 2.81. The number of nitrogens with two attached hydrogens (primary N) is 1. The summed E-state index contributed by atoms with van der Waals surface area (Å²) in [5, 5.41) is 14.4. The number of primary amides is 1. The summed E-state index contributed by atoms with van der Waals surface area (Å²) in [4.78, 5) is 35.1. The summed E-state index contributed by atoms with van der Waals surface area (Å²) in [6.07, 6.45) is 0. The van der Waals surface area contributed by atoms with E-state index in [1.807, 2.05) is 54.6 Å². The zero-order valence-electron chi connectivity index (χ0n) is 17.2. The van der Waals surface area contributed by atoms with Gasteiger partial charge >= 0.3 is 0 Å². The van der Waals surface area contributed by atoms with E-state index in [-0.39, 0.29) is 27.8 Å². The molecule has 0 heterocycles. The number of carbonyl (C=O) groups excluding carboxylic acids is 2. The van der Waals surface area contributed by atoms with E-state index in [4.69, 9.17) is 10.5 Å². The maximum Gasteiger partial charge on any atom is 0.283 e. The molecule has 1 unspecified atom stereocenters. The van der Waals surface area contributed by atoms with Crippen molar-refractivity contribution in [3.63, 3.8) is 0 Å². The number of carbonyl (C=O) groups is 2. The van der Waals surface area contributed by atoms with Crippen LogP contribution in [0.4, 0.5) is 5.69 Å². The van der Waals surface area contributed by atoms with Gasteiger partial charge in [-0.1, -0.05) is 42.5 Å². The van der Waals surface area contributed by atoms with Crippen molar-refractivity contribution in [3.05, 3.63) is 99.6 Å². The molecule has 0 aliphatic carbocycles. The molecule has 3 N–H and O–H groups in total. The molecule has 3 aromatic carbocycles. The topological polar surface area (TPSA) is 125 Å². The highest BCUT2D eigenvalue weighted by Crippen LogP contribution is 2.30. The predicted octanol–water partition coefficient (Wildman–Crippen LogP) is 3.70. The Labute approximate surface area is 188 Å². The summed E-state index contributed by atoms with van der Waals surface area (Å²) >= 11 is 1.02. The van der Waals surface area contributed by atoms with Crippen LogP contribution in [0.25, 0.3) is 0 Å². The van der Waals surface area contributed by atoms with Crippen molar-refractivity contribution >= 4 is 29.3 Å². The summed E-state index contributed by atoms with van der Waals surface area (Å²) in [5.41, 5.74) is 6.73. The Hall–Kier alpha value is -3.85. The van der Waals surface area contributed by atoms with Gasteiger partial charge in [-0.3, -0.25) is 19.7 Å². The fourth-order valence-electron chi connectivity index (χ4n) is 3.08. The van der Waals surface area contributed by atoms with Crippen molar-refractivity contribution in [2.24, 2.45) is 5.73 Å². The van der Waals surface area contributed by atoms with Crippen molar-refractivity contribution in [1.82, 2.24) is 5.32 Å². The van der Waals surface area contributed by atoms with Gasteiger partial charge in [-0.05, 0) is 35.4 Å². The van der Waals surface area contributed by atoms with E-state index in [9.17, 15) is 19.7 Å². The lowest BCUT2D eigenvalue weighted by molar-refractivity contribution is -0.387. The second kappa shape index (κ2) is 10.5. The number of thioether (sulfide) groups is 1. The van der Waals surface area contributed by atoms with Crippen LogP contribution in [0, 0.1) is 10.1 Å². The SMILES string of the molecule is COc1ccc(C(NC(=O)CSc2ccc(C(N)=O)cc2[N+](=O)[O-])c2ccccc2)cc1. The molecule has 8 nitrogen and oxygen atoms in total. The van der Waals surface area contributed by atoms with Crippen LogP contribution in [0.3, 0.4) is 0 Å². The summed E-state index contributed by atoms with van der Waals surface area (Å²) < 4.78 is 5.20. The first-order chi connectivity index (χ1) is 15.4. The van der Waals surface area contributed by atoms with Crippen LogP contribution < -0.4 is 15.8 Å². The van der Waals surface area contributed by atoms with Gasteiger partial charge in [0, 0.05) is 11.6 Å². The van der Waals surface area contributed by atoms with Crippen molar-refractivity contribution in [3.8, 4) is 5.75 Å². The number of nitrogens with zero attached hydrogens (tertiary/aromatic N) is 1. The number of nitro groups is 1. The molecule has 3 rings (SSSR count). The lowest BCUT2D eigenvalue weighted by Gasteiger charge is -2.20. The minimum atomic E-state index is -0.757. The fraction of sp³-hybridized carbons (Fsp3) is 0.130. The first-order valence-corrected chi connectivity index (χ1v) is 10.6. The molecule has 32 heavy (non-hydrogen) atoms. The average molecular weight is 452 g/mol. The predicted molar refractivity (Wildman–Crippen MR) is 122 cm³/mol. The monoisotopic (exact) mass is 451 g/mol. The zero-order valence-corrected chi connectivity index (χ0v) is 18.0. The summed E-state index contributed by atoms with van der Waals surface area (Å²) in [5.74, 6) is -0.398. The van der Waals surface area contributed by atoms with Gasteiger partial charge in [0.2, 0.25) is 11.8 Å². The second-order valence-electron chi connectivity index (χ2n) is 6.78. The summed E-state index contributed by atoms with van der Waals surface area (Å²) in [7, 11) is 1.58. The molecule has 2 amide bonds. The highest BCUT2D eigenvalue weighted by molar-refractivity contribution is 8.00. The number of benzene rings is 3. The van der Waals surface area contributed by atoms with Crippen LogP contribution in [-0.4, -0.2) is 29.6 Å². The molecule has 1 atom stereocenters. The van der Waals surface area contributed by atoms with Gasteiger partial charge in [0.1, 0.15) is 5.75 Å². The van der Waals surface area contributed by atoms with Crippen molar-refractivity contribution in [1.29, 1.82) is 0 Å². The molecule has 164 valence electrons. The van der Waals surface area contributed by atoms with Gasteiger partial charge in [0.25, 0.3) is 5.69 Å². The van der Waals surface area contributed by atoms with E-state index in [2.05, 4.69) is 5.32 Å². The number of nitro benzene ring substituents is 1. The summed E-state index contributed by atoms with van der Waals surface area (Å²) in [6.45, 7) is 0. The fourth-order valence-corrected chi connectivity index (χ4v) is 3.90. The molecule has 0 aliphatic heterocycles. The number of hydrogen-bond donors (Lipinski definition) is 2. The smallest absolute Gasteiger partial charge is 0.283 e. The third-order valence-electron chi connectivity index (χ3n) is 4.69. The highest BCUT2D eigenvalue weighted by atomic mass is 32.2. The molecular weight excluding hydrogens is 430 g/mol. The molecule has 0 aromatic heterocycles. The van der Waals surface area contributed by atoms with Gasteiger partial charge in [0.15, 0.2) is 0 Å². The minimum absolute atomic E-state index is 0.0362. The maximum atomic E-state index is 12.8. The van der Waals surface area contributed by atoms with Crippen LogP contribution in [0.1, 0.15) is 27.5 Å². The molecule has 9 heteroatoms. The Morgan fingerprint density at radius 2 is 1.72 bits per heavy atom. The molecule has 0 fully saturated rings. The molecule has 0 saturated heterocycles. The first-order valence-electron chi connectivity index (χ1n) is 9.58. The maximum absolute atomic E-state index is 12.8. The Morgan fingerprint density at radius 1 is 1.06 bits per heavy atom. The van der Waals surface area contributed by atoms with Crippen LogP contribution in [0.15, 0.2) is 77.7 Å². The van der Waals surface area contributed by atoms with E-state index in [0.29, 0.717) is 5.75 Å². The number of nitrogens with one attached hydrogen (secondary N) is 1. The van der Waals surface area contributed by atoms with Gasteiger partial charge in [-0.2, -0.15) is 0 Å². The highest BCUT2D eigenvalue weighted by Gasteiger charge is 2.20. The lowest BCUT2D eigenvalue weighted by Crippen LogP contribution is -2.30. The van der Waals surface area contributed by atoms with Gasteiger partial charge in [0.05, 0.1) is 28.7 Å². The molecule has 3 aromatic rings. The first kappa shape index (κ1) is 22.8. The third-order valence-corrected chi connectivity index (χ3v) is 5.75. The second-order valence-corrected chi connectivity index (χ2v) is 7.79. The largest absolute Gasteiger partial charge is 0.497 e. The zero-order chi connectivity index (χ0) is 23.1. The minimum Gasteiger partial charge on any atom is -0.497 e. The third kappa shape index (κ3) is 5.64. The number of amides is 2. The number of ether oxygens (including phenoxy) is 1. The Morgan fingerprint density at radius 3 is 2.31 bits per heavy atom. The quantitative estimate of drug-likeness (QED) is 0.290. The number of hydrogen-bond acceptors (Lipinski definition) is 6. The van der Waals surface area contributed by atoms with Crippen molar-refractivity contribution < 1.29 is 19.2 Å². The van der Waals surface area contributed by atoms with E-state index in [0.717, 1.165) is 29.0 Å². The molecule has 0 spiro atoms. The molecule has 0 radical (unpaired) electrons. The van der Waals surface area contributed by atoms with Crippen LogP contribution in [0.5, 0.6) is 5.75 Å². The molecule has 0 aliphatic rings. The van der Waals surface area contributed by atoms with Gasteiger partial charge in [-0.15, -0.1) is 11.8 Å². The molecular formula is C23H21N3O5S. The van der Waals surface area contributed by atoms with Gasteiger partial charge < -0.3 is 15.8 Å². The van der Waals surface area contributed by atoms with E-state index < -0.39 is 16.9 Å². The van der Waals surface area contributed by atoms with Crippen molar-refractivity contribution in [2.75, 3.05) is 12.9 Å². The normalized spacial score (nSPS) is 11.4. The Kier molecular flexibility index (Phi) is 7.45. The Balaban J connectivity index is 1.77. The summed E-state index contributed by atoms with van der Waals surface area (Å²) in [6, 6.07) is 20.4. The molecule has 0 bridgehead atoms.